The van der Waals surface area contributed by atoms with Crippen LogP contribution in [0.3, 0.4) is 0 Å². The van der Waals surface area contributed by atoms with Gasteiger partial charge < -0.3 is 19.5 Å². The van der Waals surface area contributed by atoms with Crippen LogP contribution in [0.1, 0.15) is 28.2 Å². The first kappa shape index (κ1) is 17.0. The molecule has 1 fully saturated rings. The molecular formula is C17H20BrN3O3. The fourth-order valence-electron chi connectivity index (χ4n) is 2.73. The maximum absolute atomic E-state index is 12.6. The highest BCUT2D eigenvalue weighted by Gasteiger charge is 2.24. The lowest BCUT2D eigenvalue weighted by atomic mass is 10.1. The molecule has 7 heteroatoms. The van der Waals surface area contributed by atoms with Crippen molar-refractivity contribution in [2.24, 2.45) is 0 Å². The van der Waals surface area contributed by atoms with Crippen LogP contribution >= 0.6 is 15.9 Å². The third kappa shape index (κ3) is 3.79. The van der Waals surface area contributed by atoms with Crippen molar-refractivity contribution in [3.05, 3.63) is 45.8 Å². The summed E-state index contributed by atoms with van der Waals surface area (Å²) in [6, 6.07) is 7.46. The number of rotatable bonds is 5. The fourth-order valence-corrected chi connectivity index (χ4v) is 3.22. The monoisotopic (exact) mass is 393 g/mol. The maximum Gasteiger partial charge on any atom is 0.253 e. The van der Waals surface area contributed by atoms with E-state index in [1.807, 2.05) is 20.0 Å². The summed E-state index contributed by atoms with van der Waals surface area (Å²) in [6.07, 6.45) is 0.988. The number of aromatic nitrogens is 1. The quantitative estimate of drug-likeness (QED) is 0.845. The molecule has 0 aliphatic carbocycles. The second-order valence-electron chi connectivity index (χ2n) is 5.93. The predicted molar refractivity (Wildman–Crippen MR) is 93.1 cm³/mol. The number of carbonyl (C=O) groups is 1. The third-order valence-electron chi connectivity index (χ3n) is 4.13. The summed E-state index contributed by atoms with van der Waals surface area (Å²) >= 11 is 3.47. The van der Waals surface area contributed by atoms with Gasteiger partial charge in [-0.2, -0.15) is 0 Å². The molecule has 1 atom stereocenters. The standard InChI is InChI=1S/C17H20BrN3O3/c1-11-7-13(20-24-11)10-23-16-4-3-12(8-15(16)18)17(22)21(2)14-5-6-19-9-14/h3-4,7-8,14,19H,5-6,9-10H2,1-2H3/t14-/m0/s1. The van der Waals surface area contributed by atoms with Gasteiger partial charge in [0.25, 0.3) is 5.91 Å². The second kappa shape index (κ2) is 7.36. The van der Waals surface area contributed by atoms with Gasteiger partial charge in [-0.3, -0.25) is 4.79 Å². The number of carbonyl (C=O) groups excluding carboxylic acids is 1. The summed E-state index contributed by atoms with van der Waals surface area (Å²) in [5, 5.41) is 7.17. The molecular weight excluding hydrogens is 374 g/mol. The van der Waals surface area contributed by atoms with Crippen molar-refractivity contribution < 1.29 is 14.1 Å². The lowest BCUT2D eigenvalue weighted by molar-refractivity contribution is 0.0743. The van der Waals surface area contributed by atoms with E-state index in [4.69, 9.17) is 9.26 Å². The molecule has 3 rings (SSSR count). The Hall–Kier alpha value is -1.86. The van der Waals surface area contributed by atoms with Gasteiger partial charge in [-0.1, -0.05) is 5.16 Å². The summed E-state index contributed by atoms with van der Waals surface area (Å²) in [5.74, 6) is 1.43. The number of likely N-dealkylation sites (N-methyl/N-ethyl adjacent to an activating group) is 1. The molecule has 2 heterocycles. The number of aryl methyl sites for hydroxylation is 1. The highest BCUT2D eigenvalue weighted by atomic mass is 79.9. The molecule has 6 nitrogen and oxygen atoms in total. The van der Waals surface area contributed by atoms with Crippen LogP contribution in [0, 0.1) is 6.92 Å². The van der Waals surface area contributed by atoms with Crippen molar-refractivity contribution >= 4 is 21.8 Å². The number of hydrogen-bond acceptors (Lipinski definition) is 5. The van der Waals surface area contributed by atoms with Gasteiger partial charge >= 0.3 is 0 Å². The normalized spacial score (nSPS) is 17.0. The fraction of sp³-hybridized carbons (Fsp3) is 0.412. The zero-order valence-electron chi connectivity index (χ0n) is 13.7. The molecule has 0 unspecified atom stereocenters. The Labute approximate surface area is 149 Å². The van der Waals surface area contributed by atoms with E-state index < -0.39 is 0 Å². The van der Waals surface area contributed by atoms with Crippen molar-refractivity contribution in [2.45, 2.75) is 26.0 Å². The van der Waals surface area contributed by atoms with Crippen LogP contribution in [0.15, 0.2) is 33.3 Å². The SMILES string of the molecule is Cc1cc(COc2ccc(C(=O)N(C)[C@H]3CCNC3)cc2Br)no1. The first-order valence-corrected chi connectivity index (χ1v) is 8.66. The van der Waals surface area contributed by atoms with Crippen LogP contribution in [-0.4, -0.2) is 42.1 Å². The second-order valence-corrected chi connectivity index (χ2v) is 6.78. The molecule has 24 heavy (non-hydrogen) atoms. The Bertz CT molecular complexity index is 726. The average molecular weight is 394 g/mol. The zero-order chi connectivity index (χ0) is 17.1. The Kier molecular flexibility index (Phi) is 5.20. The predicted octanol–water partition coefficient (Wildman–Crippen LogP) is 2.76. The van der Waals surface area contributed by atoms with Crippen molar-refractivity contribution in [1.29, 1.82) is 0 Å². The molecule has 2 aromatic rings. The number of nitrogens with zero attached hydrogens (tertiary/aromatic N) is 2. The molecule has 1 aliphatic heterocycles. The number of hydrogen-bond donors (Lipinski definition) is 1. The van der Waals surface area contributed by atoms with E-state index in [2.05, 4.69) is 26.4 Å². The molecule has 0 radical (unpaired) electrons. The zero-order valence-corrected chi connectivity index (χ0v) is 15.3. The van der Waals surface area contributed by atoms with Crippen LogP contribution < -0.4 is 10.1 Å². The van der Waals surface area contributed by atoms with E-state index in [1.165, 1.54) is 0 Å². The Balaban J connectivity index is 1.66. The number of nitrogens with one attached hydrogen (secondary N) is 1. The lowest BCUT2D eigenvalue weighted by Gasteiger charge is -2.24. The van der Waals surface area contributed by atoms with Gasteiger partial charge in [-0.05, 0) is 54.0 Å². The van der Waals surface area contributed by atoms with E-state index >= 15 is 0 Å². The van der Waals surface area contributed by atoms with E-state index in [-0.39, 0.29) is 11.9 Å². The van der Waals surface area contributed by atoms with Gasteiger partial charge in [0, 0.05) is 31.3 Å². The molecule has 0 bridgehead atoms. The molecule has 1 N–H and O–H groups in total. The number of ether oxygens (including phenoxy) is 1. The highest BCUT2D eigenvalue weighted by Crippen LogP contribution is 2.27. The van der Waals surface area contributed by atoms with Gasteiger partial charge in [0.2, 0.25) is 0 Å². The van der Waals surface area contributed by atoms with Crippen molar-refractivity contribution in [3.8, 4) is 5.75 Å². The smallest absolute Gasteiger partial charge is 0.253 e. The van der Waals surface area contributed by atoms with Gasteiger partial charge in [0.05, 0.1) is 4.47 Å². The van der Waals surface area contributed by atoms with E-state index in [0.29, 0.717) is 17.9 Å². The van der Waals surface area contributed by atoms with Crippen molar-refractivity contribution in [1.82, 2.24) is 15.4 Å². The van der Waals surface area contributed by atoms with Crippen molar-refractivity contribution in [3.63, 3.8) is 0 Å². The van der Waals surface area contributed by atoms with Crippen LogP contribution in [0.4, 0.5) is 0 Å². The summed E-state index contributed by atoms with van der Waals surface area (Å²) in [7, 11) is 1.85. The van der Waals surface area contributed by atoms with E-state index in [1.54, 1.807) is 23.1 Å². The third-order valence-corrected chi connectivity index (χ3v) is 4.75. The molecule has 1 aliphatic rings. The molecule has 0 spiro atoms. The number of halogens is 1. The summed E-state index contributed by atoms with van der Waals surface area (Å²) < 4.78 is 11.5. The Morgan fingerprint density at radius 2 is 2.33 bits per heavy atom. The first-order valence-electron chi connectivity index (χ1n) is 7.87. The van der Waals surface area contributed by atoms with E-state index in [9.17, 15) is 4.79 Å². The highest BCUT2D eigenvalue weighted by molar-refractivity contribution is 9.10. The minimum Gasteiger partial charge on any atom is -0.486 e. The van der Waals surface area contributed by atoms with E-state index in [0.717, 1.165) is 35.4 Å². The van der Waals surface area contributed by atoms with Crippen LogP contribution in [0.2, 0.25) is 0 Å². The minimum atomic E-state index is 0.0167. The molecule has 0 saturated carbocycles. The van der Waals surface area contributed by atoms with Crippen LogP contribution in [0.5, 0.6) is 5.75 Å². The lowest BCUT2D eigenvalue weighted by Crippen LogP contribution is -2.38. The summed E-state index contributed by atoms with van der Waals surface area (Å²) in [4.78, 5) is 14.4. The Morgan fingerprint density at radius 3 is 2.96 bits per heavy atom. The largest absolute Gasteiger partial charge is 0.486 e. The molecule has 1 aromatic heterocycles. The topological polar surface area (TPSA) is 67.6 Å². The Morgan fingerprint density at radius 1 is 1.50 bits per heavy atom. The average Bonchev–Trinajstić information content (AvgIpc) is 3.24. The maximum atomic E-state index is 12.6. The van der Waals surface area contributed by atoms with Gasteiger partial charge in [0.1, 0.15) is 23.8 Å². The molecule has 1 saturated heterocycles. The summed E-state index contributed by atoms with van der Waals surface area (Å²) in [5.41, 5.74) is 1.37. The number of amides is 1. The van der Waals surface area contributed by atoms with Gasteiger partial charge in [-0.15, -0.1) is 0 Å². The molecule has 128 valence electrons. The first-order chi connectivity index (χ1) is 11.5. The molecule has 1 amide bonds. The van der Waals surface area contributed by atoms with Gasteiger partial charge in [-0.25, -0.2) is 0 Å². The van der Waals surface area contributed by atoms with Crippen LogP contribution in [0.25, 0.3) is 0 Å². The van der Waals surface area contributed by atoms with Crippen LogP contribution in [-0.2, 0) is 6.61 Å². The van der Waals surface area contributed by atoms with Gasteiger partial charge in [0.15, 0.2) is 0 Å². The summed E-state index contributed by atoms with van der Waals surface area (Å²) in [6.45, 7) is 3.96. The molecule has 1 aromatic carbocycles. The number of benzene rings is 1. The van der Waals surface area contributed by atoms with Crippen molar-refractivity contribution in [2.75, 3.05) is 20.1 Å². The minimum absolute atomic E-state index is 0.0167.